The maximum Gasteiger partial charge on any atom is 0.260 e. The monoisotopic (exact) mass is 375 g/mol. The van der Waals surface area contributed by atoms with Crippen molar-refractivity contribution in [3.05, 3.63) is 69.1 Å². The average Bonchev–Trinajstić information content (AvgIpc) is 3.07. The molecule has 0 atom stereocenters. The first-order valence-corrected chi connectivity index (χ1v) is 9.55. The Morgan fingerprint density at radius 1 is 1.11 bits per heavy atom. The van der Waals surface area contributed by atoms with Gasteiger partial charge in [0.15, 0.2) is 5.43 Å². The molecule has 0 unspecified atom stereocenters. The summed E-state index contributed by atoms with van der Waals surface area (Å²) in [5, 5.41) is 3.91. The van der Waals surface area contributed by atoms with Gasteiger partial charge in [0.05, 0.1) is 22.2 Å². The Kier molecular flexibility index (Phi) is 3.91. The molecule has 0 amide bonds. The second-order valence-corrected chi connectivity index (χ2v) is 7.42. The summed E-state index contributed by atoms with van der Waals surface area (Å²) in [6, 6.07) is 7.22. The topological polar surface area (TPSA) is 84.2 Å². The van der Waals surface area contributed by atoms with Crippen LogP contribution < -0.4 is 16.3 Å². The zero-order chi connectivity index (χ0) is 19.3. The molecule has 5 heterocycles. The van der Waals surface area contributed by atoms with Crippen LogP contribution in [0.4, 0.5) is 0 Å². The van der Waals surface area contributed by atoms with Gasteiger partial charge in [-0.15, -0.1) is 0 Å². The standard InChI is InChI=1S/C21H21N5O2/c1-13-11-25-12-16(19(27)10-20(25)23-13)17-3-2-15-18(24-17)6-9-26(21(15)28)14-4-7-22-8-5-14/h2-3,6,9-12,14,22-23H,4-5,7-8H2,1H3. The third kappa shape index (κ3) is 2.75. The van der Waals surface area contributed by atoms with Crippen LogP contribution in [0, 0.1) is 6.92 Å². The first kappa shape index (κ1) is 16.9. The van der Waals surface area contributed by atoms with E-state index in [-0.39, 0.29) is 17.0 Å². The van der Waals surface area contributed by atoms with E-state index in [1.807, 2.05) is 34.4 Å². The minimum atomic E-state index is -0.100. The molecule has 142 valence electrons. The van der Waals surface area contributed by atoms with Crippen molar-refractivity contribution in [3.63, 3.8) is 0 Å². The minimum Gasteiger partial charge on any atom is -0.344 e. The number of pyridine rings is 3. The lowest BCUT2D eigenvalue weighted by Gasteiger charge is -2.24. The highest BCUT2D eigenvalue weighted by Gasteiger charge is 2.17. The molecule has 1 saturated heterocycles. The van der Waals surface area contributed by atoms with Gasteiger partial charge in [0.2, 0.25) is 0 Å². The van der Waals surface area contributed by atoms with Crippen molar-refractivity contribution in [1.82, 2.24) is 24.3 Å². The molecule has 7 nitrogen and oxygen atoms in total. The molecule has 1 fully saturated rings. The lowest BCUT2D eigenvalue weighted by atomic mass is 10.1. The van der Waals surface area contributed by atoms with Crippen molar-refractivity contribution < 1.29 is 0 Å². The molecule has 0 aliphatic carbocycles. The molecule has 1 aliphatic rings. The predicted molar refractivity (Wildman–Crippen MR) is 109 cm³/mol. The maximum atomic E-state index is 13.0. The predicted octanol–water partition coefficient (Wildman–Crippen LogP) is 2.24. The van der Waals surface area contributed by atoms with Gasteiger partial charge >= 0.3 is 0 Å². The number of aromatic nitrogens is 4. The zero-order valence-electron chi connectivity index (χ0n) is 15.6. The van der Waals surface area contributed by atoms with Crippen LogP contribution in [0.1, 0.15) is 24.6 Å². The van der Waals surface area contributed by atoms with Crippen molar-refractivity contribution in [3.8, 4) is 11.3 Å². The highest BCUT2D eigenvalue weighted by Crippen LogP contribution is 2.20. The smallest absolute Gasteiger partial charge is 0.260 e. The third-order valence-corrected chi connectivity index (χ3v) is 5.50. The molecule has 1 aliphatic heterocycles. The number of nitrogens with one attached hydrogen (secondary N) is 2. The van der Waals surface area contributed by atoms with Gasteiger partial charge in [-0.05, 0) is 51.1 Å². The Morgan fingerprint density at radius 2 is 1.93 bits per heavy atom. The molecule has 0 bridgehead atoms. The van der Waals surface area contributed by atoms with E-state index in [2.05, 4.69) is 15.3 Å². The van der Waals surface area contributed by atoms with Crippen LogP contribution in [-0.4, -0.2) is 32.0 Å². The van der Waals surface area contributed by atoms with Crippen LogP contribution in [0.3, 0.4) is 0 Å². The van der Waals surface area contributed by atoms with Gasteiger partial charge in [0.25, 0.3) is 5.56 Å². The van der Waals surface area contributed by atoms with E-state index in [4.69, 9.17) is 0 Å². The molecule has 4 aromatic rings. The second-order valence-electron chi connectivity index (χ2n) is 7.42. The largest absolute Gasteiger partial charge is 0.344 e. The third-order valence-electron chi connectivity index (χ3n) is 5.50. The van der Waals surface area contributed by atoms with E-state index in [1.165, 1.54) is 0 Å². The average molecular weight is 375 g/mol. The van der Waals surface area contributed by atoms with Crippen molar-refractivity contribution >= 4 is 16.6 Å². The van der Waals surface area contributed by atoms with Gasteiger partial charge < -0.3 is 19.3 Å². The molecule has 0 radical (unpaired) electrons. The SMILES string of the molecule is Cc1cn2cc(-c3ccc4c(=O)n(C5CCNCC5)ccc4n3)c(=O)cc2[nH]1. The summed E-state index contributed by atoms with van der Waals surface area (Å²) in [6.07, 6.45) is 7.44. The number of fused-ring (bicyclic) bond motifs is 2. The summed E-state index contributed by atoms with van der Waals surface area (Å²) in [5.74, 6) is 0. The van der Waals surface area contributed by atoms with E-state index < -0.39 is 0 Å². The molecule has 4 aromatic heterocycles. The van der Waals surface area contributed by atoms with E-state index in [0.717, 1.165) is 37.3 Å². The van der Waals surface area contributed by atoms with Crippen LogP contribution >= 0.6 is 0 Å². The second kappa shape index (κ2) is 6.45. The number of piperidine rings is 1. The molecule has 5 rings (SSSR count). The fourth-order valence-corrected chi connectivity index (χ4v) is 4.05. The zero-order valence-corrected chi connectivity index (χ0v) is 15.6. The first-order chi connectivity index (χ1) is 13.6. The van der Waals surface area contributed by atoms with Gasteiger partial charge in [-0.25, -0.2) is 4.98 Å². The van der Waals surface area contributed by atoms with E-state index in [9.17, 15) is 9.59 Å². The number of nitrogens with zero attached hydrogens (tertiary/aromatic N) is 3. The van der Waals surface area contributed by atoms with Crippen molar-refractivity contribution in [2.24, 2.45) is 0 Å². The molecule has 2 N–H and O–H groups in total. The molecular weight excluding hydrogens is 354 g/mol. The number of H-pyrrole nitrogens is 1. The summed E-state index contributed by atoms with van der Waals surface area (Å²) >= 11 is 0. The highest BCUT2D eigenvalue weighted by molar-refractivity contribution is 5.80. The van der Waals surface area contributed by atoms with Crippen molar-refractivity contribution in [2.45, 2.75) is 25.8 Å². The van der Waals surface area contributed by atoms with Gasteiger partial charge in [0, 0.05) is 36.4 Å². The number of aryl methyl sites for hydroxylation is 1. The quantitative estimate of drug-likeness (QED) is 0.563. The summed E-state index contributed by atoms with van der Waals surface area (Å²) in [6.45, 7) is 3.80. The van der Waals surface area contributed by atoms with E-state index >= 15 is 0 Å². The number of hydrogen-bond acceptors (Lipinski definition) is 4. The fraction of sp³-hybridized carbons (Fsp3) is 0.286. The Bertz CT molecular complexity index is 1310. The Morgan fingerprint density at radius 3 is 2.75 bits per heavy atom. The van der Waals surface area contributed by atoms with Gasteiger partial charge in [-0.1, -0.05) is 0 Å². The molecule has 7 heteroatoms. The van der Waals surface area contributed by atoms with Crippen LogP contribution in [0.25, 0.3) is 27.8 Å². The molecule has 0 spiro atoms. The Balaban J connectivity index is 1.61. The Hall–Kier alpha value is -3.19. The van der Waals surface area contributed by atoms with Crippen molar-refractivity contribution in [1.29, 1.82) is 0 Å². The van der Waals surface area contributed by atoms with Gasteiger partial charge in [0.1, 0.15) is 5.65 Å². The van der Waals surface area contributed by atoms with Gasteiger partial charge in [-0.3, -0.25) is 9.59 Å². The first-order valence-electron chi connectivity index (χ1n) is 9.55. The molecular formula is C21H21N5O2. The van der Waals surface area contributed by atoms with E-state index in [1.54, 1.807) is 24.4 Å². The summed E-state index contributed by atoms with van der Waals surface area (Å²) in [5.41, 5.74) is 3.31. The van der Waals surface area contributed by atoms with Crippen LogP contribution in [0.5, 0.6) is 0 Å². The number of rotatable bonds is 2. The maximum absolute atomic E-state index is 13.0. The van der Waals surface area contributed by atoms with Crippen LogP contribution in [0.2, 0.25) is 0 Å². The molecule has 0 aromatic carbocycles. The molecule has 28 heavy (non-hydrogen) atoms. The summed E-state index contributed by atoms with van der Waals surface area (Å²) < 4.78 is 3.71. The number of hydrogen-bond donors (Lipinski definition) is 2. The van der Waals surface area contributed by atoms with E-state index in [0.29, 0.717) is 22.2 Å². The minimum absolute atomic E-state index is 0.0168. The summed E-state index contributed by atoms with van der Waals surface area (Å²) in [4.78, 5) is 33.3. The Labute approximate surface area is 160 Å². The van der Waals surface area contributed by atoms with Crippen LogP contribution in [0.15, 0.2) is 52.4 Å². The van der Waals surface area contributed by atoms with Crippen LogP contribution in [-0.2, 0) is 0 Å². The summed E-state index contributed by atoms with van der Waals surface area (Å²) in [7, 11) is 0. The van der Waals surface area contributed by atoms with Gasteiger partial charge in [-0.2, -0.15) is 0 Å². The number of aromatic amines is 1. The normalized spacial score (nSPS) is 15.5. The lowest BCUT2D eigenvalue weighted by Crippen LogP contribution is -2.34. The lowest BCUT2D eigenvalue weighted by molar-refractivity contribution is 0.362. The highest BCUT2D eigenvalue weighted by atomic mass is 16.1. The fourth-order valence-electron chi connectivity index (χ4n) is 4.05. The van der Waals surface area contributed by atoms with Crippen molar-refractivity contribution in [2.75, 3.05) is 13.1 Å². The molecule has 0 saturated carbocycles. The number of imidazole rings is 1.